The maximum Gasteiger partial charge on any atom is 0.409 e. The molecule has 0 radical (unpaired) electrons. The van der Waals surface area contributed by atoms with E-state index in [-0.39, 0.29) is 12.7 Å². The van der Waals surface area contributed by atoms with E-state index in [2.05, 4.69) is 28.6 Å². The lowest BCUT2D eigenvalue weighted by molar-refractivity contribution is -0.692. The van der Waals surface area contributed by atoms with Gasteiger partial charge in [0, 0.05) is 33.7 Å². The molecular formula is C32H61N2O4S+. The summed E-state index contributed by atoms with van der Waals surface area (Å²) in [6, 6.07) is 0. The summed E-state index contributed by atoms with van der Waals surface area (Å²) in [4.78, 5) is 14.1. The fourth-order valence-electron chi connectivity index (χ4n) is 4.65. The van der Waals surface area contributed by atoms with Crippen LogP contribution in [-0.4, -0.2) is 57.1 Å². The van der Waals surface area contributed by atoms with Gasteiger partial charge in [0.05, 0.1) is 12.0 Å². The fourth-order valence-corrected chi connectivity index (χ4v) is 5.28. The van der Waals surface area contributed by atoms with Crippen LogP contribution >= 0.6 is 11.3 Å². The van der Waals surface area contributed by atoms with E-state index >= 15 is 0 Å². The highest BCUT2D eigenvalue weighted by Crippen LogP contribution is 2.15. The van der Waals surface area contributed by atoms with Gasteiger partial charge in [0.25, 0.3) is 0 Å². The van der Waals surface area contributed by atoms with E-state index in [4.69, 9.17) is 14.2 Å². The van der Waals surface area contributed by atoms with Crippen LogP contribution in [0.4, 0.5) is 4.79 Å². The van der Waals surface area contributed by atoms with Crippen molar-refractivity contribution in [3.05, 3.63) is 17.1 Å². The van der Waals surface area contributed by atoms with Crippen LogP contribution in [0.5, 0.6) is 0 Å². The van der Waals surface area contributed by atoms with Gasteiger partial charge in [-0.15, -0.1) is 0 Å². The smallest absolute Gasteiger partial charge is 0.409 e. The number of hydrogen-bond acceptors (Lipinski definition) is 5. The van der Waals surface area contributed by atoms with Crippen molar-refractivity contribution < 1.29 is 23.6 Å². The molecule has 1 rings (SSSR count). The highest BCUT2D eigenvalue weighted by Gasteiger charge is 2.27. The molecule has 1 heterocycles. The monoisotopic (exact) mass is 569 g/mol. The van der Waals surface area contributed by atoms with Gasteiger partial charge in [-0.2, -0.15) is 4.57 Å². The largest absolute Gasteiger partial charge is 0.446 e. The average molecular weight is 570 g/mol. The van der Waals surface area contributed by atoms with Crippen LogP contribution in [0.2, 0.25) is 0 Å². The van der Waals surface area contributed by atoms with Gasteiger partial charge in [-0.1, -0.05) is 115 Å². The minimum absolute atomic E-state index is 0.191. The number of carbonyl (C=O) groups excluding carboxylic acids is 1. The van der Waals surface area contributed by atoms with Crippen LogP contribution in [0.1, 0.15) is 129 Å². The summed E-state index contributed by atoms with van der Waals surface area (Å²) in [5.41, 5.74) is 1.49. The lowest BCUT2D eigenvalue weighted by atomic mass is 10.0. The quantitative estimate of drug-likeness (QED) is 0.0786. The number of nitrogens with zero attached hydrogens (tertiary/aromatic N) is 2. The molecule has 0 N–H and O–H groups in total. The zero-order valence-electron chi connectivity index (χ0n) is 25.9. The van der Waals surface area contributed by atoms with Crippen LogP contribution in [0.15, 0.2) is 17.1 Å². The van der Waals surface area contributed by atoms with Crippen molar-refractivity contribution >= 4 is 17.4 Å². The highest BCUT2D eigenvalue weighted by atomic mass is 32.1. The number of aryl methyl sites for hydroxylation is 1. The topological polar surface area (TPSA) is 51.9 Å². The molecule has 0 aliphatic carbocycles. The predicted octanol–water partition coefficient (Wildman–Crippen LogP) is 8.57. The molecule has 0 saturated carbocycles. The normalized spacial score (nSPS) is 12.9. The summed E-state index contributed by atoms with van der Waals surface area (Å²) in [5.74, 6) is 0. The molecule has 228 valence electrons. The third-order valence-electron chi connectivity index (χ3n) is 7.54. The lowest BCUT2D eigenvalue weighted by Crippen LogP contribution is -2.41. The maximum atomic E-state index is 12.4. The van der Waals surface area contributed by atoms with Gasteiger partial charge in [0.2, 0.25) is 5.51 Å². The summed E-state index contributed by atoms with van der Waals surface area (Å²) in [6.07, 6.45) is 25.5. The molecule has 0 fully saturated rings. The second-order valence-corrected chi connectivity index (χ2v) is 12.2. The van der Waals surface area contributed by atoms with Crippen LogP contribution in [0.25, 0.3) is 0 Å². The summed E-state index contributed by atoms with van der Waals surface area (Å²) >= 11 is 1.71. The molecule has 1 amide bonds. The Labute approximate surface area is 244 Å². The minimum atomic E-state index is -0.632. The van der Waals surface area contributed by atoms with Crippen LogP contribution < -0.4 is 4.57 Å². The van der Waals surface area contributed by atoms with Gasteiger partial charge in [-0.05, 0) is 19.8 Å². The molecule has 0 bridgehead atoms. The summed E-state index contributed by atoms with van der Waals surface area (Å²) in [6.45, 7) is 7.23. The van der Waals surface area contributed by atoms with E-state index in [1.165, 1.54) is 96.3 Å². The predicted molar refractivity (Wildman–Crippen MR) is 164 cm³/mol. The number of aromatic nitrogens is 1. The number of amides is 1. The second-order valence-electron chi connectivity index (χ2n) is 11.5. The third kappa shape index (κ3) is 20.4. The van der Waals surface area contributed by atoms with Crippen molar-refractivity contribution in [1.29, 1.82) is 0 Å². The van der Waals surface area contributed by atoms with E-state index in [9.17, 15) is 4.79 Å². The van der Waals surface area contributed by atoms with Gasteiger partial charge >= 0.3 is 6.09 Å². The van der Waals surface area contributed by atoms with E-state index < -0.39 is 5.60 Å². The Bertz CT molecular complexity index is 673. The molecule has 0 spiro atoms. The van der Waals surface area contributed by atoms with Gasteiger partial charge < -0.3 is 19.1 Å². The number of methoxy groups -OCH3 is 1. The van der Waals surface area contributed by atoms with Crippen LogP contribution in [0.3, 0.4) is 0 Å². The van der Waals surface area contributed by atoms with Crippen molar-refractivity contribution in [2.24, 2.45) is 0 Å². The van der Waals surface area contributed by atoms with Crippen molar-refractivity contribution in [3.63, 3.8) is 0 Å². The van der Waals surface area contributed by atoms with Gasteiger partial charge in [0.1, 0.15) is 18.8 Å². The first-order valence-electron chi connectivity index (χ1n) is 15.9. The lowest BCUT2D eigenvalue weighted by Gasteiger charge is -2.28. The van der Waals surface area contributed by atoms with E-state index in [0.717, 1.165) is 32.4 Å². The number of rotatable bonds is 27. The molecule has 1 aromatic rings. The van der Waals surface area contributed by atoms with Gasteiger partial charge in [-0.3, -0.25) is 0 Å². The van der Waals surface area contributed by atoms with Gasteiger partial charge in [0.15, 0.2) is 6.20 Å². The minimum Gasteiger partial charge on any atom is -0.446 e. The number of thiazole rings is 1. The Kier molecular flexibility index (Phi) is 22.6. The second kappa shape index (κ2) is 24.6. The fraction of sp³-hybridized carbons (Fsp3) is 0.875. The Morgan fingerprint density at radius 2 is 1.38 bits per heavy atom. The highest BCUT2D eigenvalue weighted by molar-refractivity contribution is 7.07. The molecule has 1 atom stereocenters. The number of hydrogen-bond donors (Lipinski definition) is 0. The molecule has 1 unspecified atom stereocenters. The molecule has 0 aliphatic heterocycles. The Hall–Kier alpha value is -1.18. The van der Waals surface area contributed by atoms with Crippen molar-refractivity contribution in [2.75, 3.05) is 40.5 Å². The first-order valence-corrected chi connectivity index (χ1v) is 16.9. The molecule has 39 heavy (non-hydrogen) atoms. The zero-order chi connectivity index (χ0) is 28.4. The molecular weight excluding hydrogens is 508 g/mol. The molecule has 1 aromatic heterocycles. The Balaban J connectivity index is 1.94. The van der Waals surface area contributed by atoms with Crippen molar-refractivity contribution in [2.45, 2.75) is 142 Å². The molecule has 0 aromatic carbocycles. The summed E-state index contributed by atoms with van der Waals surface area (Å²) in [5, 5.41) is 2.08. The number of ether oxygens (including phenoxy) is 3. The van der Waals surface area contributed by atoms with Gasteiger partial charge in [-0.25, -0.2) is 4.79 Å². The zero-order valence-corrected chi connectivity index (χ0v) is 26.7. The standard InChI is InChI=1S/C32H61N2O4S/c1-5-6-7-8-9-10-11-12-13-14-15-16-17-18-19-20-23-33(3)31(35)38-29-32(2,36-4)28-37-26-22-21-24-34-25-27-39-30-34/h25,27,30H,5-24,26,28-29H2,1-4H3/q+1. The number of unbranched alkanes of at least 4 members (excludes halogenated alkanes) is 16. The summed E-state index contributed by atoms with van der Waals surface area (Å²) in [7, 11) is 3.46. The van der Waals surface area contributed by atoms with E-state index in [0.29, 0.717) is 13.2 Å². The van der Waals surface area contributed by atoms with Crippen LogP contribution in [0, 0.1) is 0 Å². The molecule has 6 nitrogen and oxygen atoms in total. The SMILES string of the molecule is CCCCCCCCCCCCCCCCCCN(C)C(=O)OCC(C)(COCCCC[n+]1ccsc1)OC. The number of carbonyl (C=O) groups is 1. The Morgan fingerprint density at radius 1 is 0.821 bits per heavy atom. The van der Waals surface area contributed by atoms with Crippen molar-refractivity contribution in [1.82, 2.24) is 4.90 Å². The maximum absolute atomic E-state index is 12.4. The van der Waals surface area contributed by atoms with Crippen LogP contribution in [-0.2, 0) is 20.8 Å². The van der Waals surface area contributed by atoms with Crippen molar-refractivity contribution in [3.8, 4) is 0 Å². The first-order chi connectivity index (χ1) is 19.0. The molecule has 0 aliphatic rings. The van der Waals surface area contributed by atoms with E-state index in [1.54, 1.807) is 23.3 Å². The molecule has 0 saturated heterocycles. The third-order valence-corrected chi connectivity index (χ3v) is 8.21. The Morgan fingerprint density at radius 3 is 1.90 bits per heavy atom. The molecule has 7 heteroatoms. The first kappa shape index (κ1) is 35.8. The van der Waals surface area contributed by atoms with E-state index in [1.807, 2.05) is 14.0 Å². The summed E-state index contributed by atoms with van der Waals surface area (Å²) < 4.78 is 19.2. The average Bonchev–Trinajstić information content (AvgIpc) is 3.47.